The summed E-state index contributed by atoms with van der Waals surface area (Å²) in [6.45, 7) is 0. The van der Waals surface area contributed by atoms with E-state index in [9.17, 15) is 3.40 Å². The first kappa shape index (κ1) is 56.3. The van der Waals surface area contributed by atoms with Gasteiger partial charge >= 0.3 is 111 Å². The third-order valence-corrected chi connectivity index (χ3v) is 148. The molecule has 0 aliphatic heterocycles. The van der Waals surface area contributed by atoms with E-state index in [2.05, 4.69) is 16.8 Å². The quantitative estimate of drug-likeness (QED) is 0.104. The molecule has 0 fully saturated rings. The second-order valence-corrected chi connectivity index (χ2v) is 77.2. The second-order valence-electron chi connectivity index (χ2n) is 1.01. The number of rotatable bonds is 4. The van der Waals surface area contributed by atoms with Gasteiger partial charge in [-0.2, -0.15) is 8.42 Å². The SMILES string of the molecule is N.N.O.O.O.O.O=S(=O)(O)O.[Ce].[O]=[Mo]([OH])/[Mo]=[Mo]/[Mo][Mo][Mo][Mo]. The van der Waals surface area contributed by atoms with Crippen molar-refractivity contribution in [3.63, 3.8) is 0 Å². The molecular formula is H17CeMo7N2O10S. The first-order chi connectivity index (χ1) is 6.27. The van der Waals surface area contributed by atoms with Crippen molar-refractivity contribution >= 4 is 10.4 Å². The average molecular weight is 1050 g/mol. The van der Waals surface area contributed by atoms with Crippen molar-refractivity contribution in [1.29, 1.82) is 0 Å². The van der Waals surface area contributed by atoms with Gasteiger partial charge in [0.05, 0.1) is 0 Å². The first-order valence-corrected chi connectivity index (χ1v) is 39.2. The Morgan fingerprint density at radius 1 is 0.952 bits per heavy atom. The molecular weight excluding hydrogens is 1030 g/mol. The third kappa shape index (κ3) is 106. The molecule has 0 rings (SSSR count). The number of hydrogen-bond acceptors (Lipinski definition) is 5. The Hall–Kier alpha value is 5.58. The van der Waals surface area contributed by atoms with Gasteiger partial charge in [-0.3, -0.25) is 9.11 Å². The molecule has 0 saturated heterocycles. The van der Waals surface area contributed by atoms with Crippen LogP contribution in [0, 0.1) is 41.7 Å². The maximum absolute atomic E-state index is 10.4. The van der Waals surface area contributed by atoms with Crippen LogP contribution in [0.3, 0.4) is 0 Å². The van der Waals surface area contributed by atoms with Gasteiger partial charge in [0.25, 0.3) is 0 Å². The van der Waals surface area contributed by atoms with Gasteiger partial charge in [0.15, 0.2) is 0 Å². The fourth-order valence-corrected chi connectivity index (χ4v) is 276. The Bertz CT molecular complexity index is 277. The van der Waals surface area contributed by atoms with E-state index in [1.165, 1.54) is 0 Å². The van der Waals surface area contributed by atoms with Crippen molar-refractivity contribution < 1.29 is 181 Å². The van der Waals surface area contributed by atoms with E-state index in [-0.39, 0.29) is 99.9 Å². The zero-order valence-electron chi connectivity index (χ0n) is 9.75. The van der Waals surface area contributed by atoms with Gasteiger partial charge in [-0.1, -0.05) is 0 Å². The van der Waals surface area contributed by atoms with Crippen LogP contribution in [0.2, 0.25) is 0 Å². The van der Waals surface area contributed by atoms with Crippen LogP contribution < -0.4 is 12.3 Å². The molecule has 0 unspecified atom stereocenters. The van der Waals surface area contributed by atoms with E-state index >= 15 is 0 Å². The Labute approximate surface area is 199 Å². The van der Waals surface area contributed by atoms with Crippen LogP contribution in [0.15, 0.2) is 0 Å². The van der Waals surface area contributed by atoms with Gasteiger partial charge in [-0.05, 0) is 0 Å². The normalized spacial score (nSPS) is 7.62. The molecule has 17 N–H and O–H groups in total. The summed E-state index contributed by atoms with van der Waals surface area (Å²) < 4.78 is 50.5. The zero-order valence-corrected chi connectivity index (χ0v) is 27.8. The van der Waals surface area contributed by atoms with Crippen LogP contribution in [-0.4, -0.2) is 43.2 Å². The van der Waals surface area contributed by atoms with Gasteiger partial charge in [-0.25, -0.2) is 0 Å². The molecule has 0 aromatic carbocycles. The summed E-state index contributed by atoms with van der Waals surface area (Å²) >= 11 is 1.56. The minimum atomic E-state index is -4.67. The molecule has 0 atom stereocenters. The van der Waals surface area contributed by atoms with Crippen molar-refractivity contribution in [3.8, 4) is 0 Å². The first-order valence-electron chi connectivity index (χ1n) is 2.05. The monoisotopic (exact) mass is 1060 g/mol. The Morgan fingerprint density at radius 3 is 1.43 bits per heavy atom. The molecule has 0 bridgehead atoms. The van der Waals surface area contributed by atoms with Crippen LogP contribution in [-0.2, 0) is 107 Å². The van der Waals surface area contributed by atoms with E-state index < -0.39 is 25.1 Å². The maximum atomic E-state index is 10.4. The number of hydrogen-bond donors (Lipinski definition) is 5. The molecule has 0 aliphatic carbocycles. The molecule has 21 heteroatoms. The Balaban J connectivity index is -0.0000000157. The van der Waals surface area contributed by atoms with Crippen molar-refractivity contribution in [1.82, 2.24) is 12.3 Å². The summed E-state index contributed by atoms with van der Waals surface area (Å²) in [5.41, 5.74) is 0. The van der Waals surface area contributed by atoms with E-state index in [4.69, 9.17) is 21.3 Å². The van der Waals surface area contributed by atoms with Gasteiger partial charge in [-0.15, -0.1) is 0 Å². The van der Waals surface area contributed by atoms with E-state index in [1.807, 2.05) is 0 Å². The topological polar surface area (TPSA) is 308 Å². The molecule has 21 heavy (non-hydrogen) atoms. The van der Waals surface area contributed by atoms with Crippen LogP contribution in [0.1, 0.15) is 0 Å². The Kier molecular flexibility index (Phi) is 108. The molecule has 0 aromatic rings. The summed E-state index contributed by atoms with van der Waals surface area (Å²) in [5, 5.41) is 0. The van der Waals surface area contributed by atoms with Crippen molar-refractivity contribution in [2.45, 2.75) is 0 Å². The molecule has 0 aromatic heterocycles. The van der Waals surface area contributed by atoms with E-state index in [1.54, 1.807) is 0 Å². The zero-order chi connectivity index (χ0) is 11.6. The standard InChI is InChI=1S/Ce.7Mo.2H3N.H2O4S.5H2O.O/c;;;;;;;;;;1-5(2,3)4;;;;;;/h;;;;;;;;2*1H3;(H2,1,2,3,4);5*1H2;/q;;;;;;;+1;;;;;;;;;/p-1. The second kappa shape index (κ2) is 40.3. The van der Waals surface area contributed by atoms with Gasteiger partial charge < -0.3 is 34.2 Å². The van der Waals surface area contributed by atoms with Crippen LogP contribution in [0.4, 0.5) is 0 Å². The van der Waals surface area contributed by atoms with Gasteiger partial charge in [0.1, 0.15) is 0 Å². The van der Waals surface area contributed by atoms with Crippen molar-refractivity contribution in [2.75, 3.05) is 0 Å². The molecule has 0 radical (unpaired) electrons. The average Bonchev–Trinajstić information content (AvgIpc) is 1.94. The minimum absolute atomic E-state index is 0. The van der Waals surface area contributed by atoms with Crippen LogP contribution >= 0.6 is 0 Å². The van der Waals surface area contributed by atoms with Crippen LogP contribution in [0.5, 0.6) is 0 Å². The summed E-state index contributed by atoms with van der Waals surface area (Å²) in [4.78, 5) is 0. The van der Waals surface area contributed by atoms with E-state index in [0.717, 1.165) is 0 Å². The van der Waals surface area contributed by atoms with E-state index in [0.29, 0.717) is 37.7 Å². The molecule has 0 amide bonds. The molecule has 12 nitrogen and oxygen atoms in total. The molecule has 0 spiro atoms. The fraction of sp³-hybridized carbons (Fsp3) is 0. The van der Waals surface area contributed by atoms with Gasteiger partial charge in [0.2, 0.25) is 0 Å². The van der Waals surface area contributed by atoms with Crippen LogP contribution in [0.25, 0.3) is 0 Å². The van der Waals surface area contributed by atoms with Crippen molar-refractivity contribution in [3.05, 3.63) is 0 Å². The molecule has 0 heterocycles. The van der Waals surface area contributed by atoms with Gasteiger partial charge in [0, 0.05) is 41.7 Å². The summed E-state index contributed by atoms with van der Waals surface area (Å²) in [6.07, 6.45) is 0. The fourth-order valence-electron chi connectivity index (χ4n) is 0.0578. The predicted octanol–water partition coefficient (Wildman–Crippen LogP) is -4.32. The third-order valence-electron chi connectivity index (χ3n) is 0.169. The summed E-state index contributed by atoms with van der Waals surface area (Å²) in [6, 6.07) is 0. The summed E-state index contributed by atoms with van der Waals surface area (Å²) in [7, 11) is -4.67. The predicted molar refractivity (Wildman–Crippen MR) is 41.6 cm³/mol. The summed E-state index contributed by atoms with van der Waals surface area (Å²) in [5.74, 6) is 0. The van der Waals surface area contributed by atoms with Crippen molar-refractivity contribution in [2.24, 2.45) is 0 Å². The molecule has 0 saturated carbocycles. The molecule has 0 aliphatic rings. The Morgan fingerprint density at radius 2 is 1.24 bits per heavy atom. The molecule has 139 valence electrons.